The van der Waals surface area contributed by atoms with Crippen molar-refractivity contribution in [2.45, 2.75) is 6.54 Å². The number of piperazine rings is 1. The zero-order valence-electron chi connectivity index (χ0n) is 19.4. The zero-order chi connectivity index (χ0) is 23.9. The Bertz CT molecular complexity index is 1140. The fraction of sp³-hybridized carbons (Fsp3) is 0.250. The molecule has 3 aromatic rings. The van der Waals surface area contributed by atoms with Crippen LogP contribution in [0.4, 0.5) is 5.69 Å². The van der Waals surface area contributed by atoms with Crippen LogP contribution in [0, 0.1) is 0 Å². The van der Waals surface area contributed by atoms with Gasteiger partial charge >= 0.3 is 5.97 Å². The minimum Gasteiger partial charge on any atom is -0.508 e. The van der Waals surface area contributed by atoms with Gasteiger partial charge in [0.15, 0.2) is 0 Å². The highest BCUT2D eigenvalue weighted by Crippen LogP contribution is 2.30. The quantitative estimate of drug-likeness (QED) is 0.389. The lowest BCUT2D eigenvalue weighted by molar-refractivity contribution is 0.0549. The van der Waals surface area contributed by atoms with Crippen LogP contribution in [0.25, 0.3) is 11.1 Å². The van der Waals surface area contributed by atoms with E-state index in [1.54, 1.807) is 25.3 Å². The molecule has 0 saturated carbocycles. The molecular weight excluding hydrogens is 428 g/mol. The van der Waals surface area contributed by atoms with Gasteiger partial charge < -0.3 is 19.5 Å². The van der Waals surface area contributed by atoms with Crippen molar-refractivity contribution in [3.63, 3.8) is 0 Å². The number of carbonyl (C=O) groups excluding carboxylic acids is 1. The first kappa shape index (κ1) is 23.4. The Morgan fingerprint density at radius 1 is 1.00 bits per heavy atom. The molecule has 1 aliphatic heterocycles. The van der Waals surface area contributed by atoms with E-state index in [4.69, 9.17) is 9.47 Å². The topological polar surface area (TPSA) is 62.2 Å². The van der Waals surface area contributed by atoms with Crippen molar-refractivity contribution in [1.82, 2.24) is 4.90 Å². The van der Waals surface area contributed by atoms with Gasteiger partial charge in [-0.1, -0.05) is 36.9 Å². The van der Waals surface area contributed by atoms with Crippen molar-refractivity contribution in [2.75, 3.05) is 44.8 Å². The summed E-state index contributed by atoms with van der Waals surface area (Å²) in [6, 6.07) is 21.0. The molecule has 176 valence electrons. The van der Waals surface area contributed by atoms with Crippen LogP contribution in [0.2, 0.25) is 0 Å². The van der Waals surface area contributed by atoms with Crippen LogP contribution in [0.15, 0.2) is 79.4 Å². The average Bonchev–Trinajstić information content (AvgIpc) is 2.88. The molecule has 0 amide bonds. The zero-order valence-corrected chi connectivity index (χ0v) is 19.4. The molecule has 0 aliphatic carbocycles. The number of hydrogen-bond acceptors (Lipinski definition) is 6. The van der Waals surface area contributed by atoms with E-state index in [9.17, 15) is 9.90 Å². The third-order valence-electron chi connectivity index (χ3n) is 6.03. The molecule has 34 heavy (non-hydrogen) atoms. The number of rotatable bonds is 8. The van der Waals surface area contributed by atoms with Crippen molar-refractivity contribution in [3.8, 4) is 22.6 Å². The number of nitrogens with zero attached hydrogens (tertiary/aromatic N) is 2. The van der Waals surface area contributed by atoms with Gasteiger partial charge in [0.05, 0.1) is 12.7 Å². The Labute approximate surface area is 200 Å². The number of esters is 1. The lowest BCUT2D eigenvalue weighted by Gasteiger charge is -2.36. The molecule has 1 heterocycles. The van der Waals surface area contributed by atoms with Crippen molar-refractivity contribution < 1.29 is 19.4 Å². The number of aromatic hydroxyl groups is 1. The lowest BCUT2D eigenvalue weighted by Crippen LogP contribution is -2.46. The second-order valence-electron chi connectivity index (χ2n) is 8.27. The standard InChI is InChI=1S/C28H30N2O4/c1-3-17-34-28(32)21-9-11-25(12-10-21)30-15-13-29(14-16-30)20-24-8-7-23(19-27(24)33-2)22-5-4-6-26(31)18-22/h3-12,18-19,31H,1,13-17,20H2,2H3. The minimum absolute atomic E-state index is 0.214. The van der Waals surface area contributed by atoms with Crippen LogP contribution in [0.3, 0.4) is 0 Å². The van der Waals surface area contributed by atoms with Gasteiger partial charge in [0.1, 0.15) is 18.1 Å². The highest BCUT2D eigenvalue weighted by molar-refractivity contribution is 5.89. The van der Waals surface area contributed by atoms with Crippen LogP contribution >= 0.6 is 0 Å². The Balaban J connectivity index is 1.36. The summed E-state index contributed by atoms with van der Waals surface area (Å²) in [4.78, 5) is 16.7. The number of ether oxygens (including phenoxy) is 2. The molecule has 0 unspecified atom stereocenters. The summed E-state index contributed by atoms with van der Waals surface area (Å²) in [5.74, 6) is 0.767. The van der Waals surface area contributed by atoms with Gasteiger partial charge in [-0.05, 0) is 53.6 Å². The molecule has 6 heteroatoms. The molecule has 0 aromatic heterocycles. The molecule has 1 N–H and O–H groups in total. The van der Waals surface area contributed by atoms with Crippen molar-refractivity contribution in [1.29, 1.82) is 0 Å². The maximum atomic E-state index is 12.0. The predicted molar refractivity (Wildman–Crippen MR) is 135 cm³/mol. The fourth-order valence-electron chi connectivity index (χ4n) is 4.17. The molecule has 0 spiro atoms. The maximum absolute atomic E-state index is 12.0. The molecule has 6 nitrogen and oxygen atoms in total. The van der Waals surface area contributed by atoms with Gasteiger partial charge in [-0.15, -0.1) is 0 Å². The van der Waals surface area contributed by atoms with E-state index < -0.39 is 0 Å². The second kappa shape index (κ2) is 10.9. The summed E-state index contributed by atoms with van der Waals surface area (Å²) < 4.78 is 10.8. The lowest BCUT2D eigenvalue weighted by atomic mass is 10.0. The molecule has 0 radical (unpaired) electrons. The molecule has 1 saturated heterocycles. The Morgan fingerprint density at radius 2 is 1.74 bits per heavy atom. The second-order valence-corrected chi connectivity index (χ2v) is 8.27. The van der Waals surface area contributed by atoms with Crippen LogP contribution in [0.1, 0.15) is 15.9 Å². The first-order chi connectivity index (χ1) is 16.6. The molecule has 3 aromatic carbocycles. The van der Waals surface area contributed by atoms with Gasteiger partial charge in [0.25, 0.3) is 0 Å². The Kier molecular flexibility index (Phi) is 7.50. The Morgan fingerprint density at radius 3 is 2.41 bits per heavy atom. The number of methoxy groups -OCH3 is 1. The molecule has 1 fully saturated rings. The predicted octanol–water partition coefficient (Wildman–Crippen LogP) is 4.73. The summed E-state index contributed by atoms with van der Waals surface area (Å²) in [5, 5.41) is 9.78. The highest BCUT2D eigenvalue weighted by atomic mass is 16.5. The van der Waals surface area contributed by atoms with E-state index in [1.165, 1.54) is 0 Å². The smallest absolute Gasteiger partial charge is 0.338 e. The fourth-order valence-corrected chi connectivity index (χ4v) is 4.17. The first-order valence-corrected chi connectivity index (χ1v) is 11.4. The minimum atomic E-state index is -0.333. The number of hydrogen-bond donors (Lipinski definition) is 1. The molecule has 0 bridgehead atoms. The van der Waals surface area contributed by atoms with Gasteiger partial charge in [-0.2, -0.15) is 0 Å². The SMILES string of the molecule is C=CCOC(=O)c1ccc(N2CCN(Cc3ccc(-c4cccc(O)c4)cc3OC)CC2)cc1. The molecule has 1 aliphatic rings. The van der Waals surface area contributed by atoms with Gasteiger partial charge in [-0.3, -0.25) is 4.90 Å². The van der Waals surface area contributed by atoms with Crippen molar-refractivity contribution >= 4 is 11.7 Å². The normalized spacial score (nSPS) is 14.0. The number of phenolic OH excluding ortho intramolecular Hbond substituents is 1. The summed E-state index contributed by atoms with van der Waals surface area (Å²) in [6.07, 6.45) is 1.56. The maximum Gasteiger partial charge on any atom is 0.338 e. The van der Waals surface area contributed by atoms with E-state index in [0.29, 0.717) is 5.56 Å². The number of benzene rings is 3. The summed E-state index contributed by atoms with van der Waals surface area (Å²) in [6.45, 7) is 8.26. The first-order valence-electron chi connectivity index (χ1n) is 11.4. The van der Waals surface area contributed by atoms with Crippen LogP contribution in [-0.4, -0.2) is 55.9 Å². The Hall–Kier alpha value is -3.77. The highest BCUT2D eigenvalue weighted by Gasteiger charge is 2.19. The summed E-state index contributed by atoms with van der Waals surface area (Å²) in [7, 11) is 1.69. The van der Waals surface area contributed by atoms with Crippen LogP contribution in [0.5, 0.6) is 11.5 Å². The van der Waals surface area contributed by atoms with Crippen LogP contribution in [-0.2, 0) is 11.3 Å². The van der Waals surface area contributed by atoms with E-state index in [0.717, 1.165) is 60.9 Å². The summed E-state index contributed by atoms with van der Waals surface area (Å²) >= 11 is 0. The van der Waals surface area contributed by atoms with Gasteiger partial charge in [-0.25, -0.2) is 4.79 Å². The number of anilines is 1. The van der Waals surface area contributed by atoms with Crippen molar-refractivity contribution in [3.05, 3.63) is 90.5 Å². The molecule has 4 rings (SSSR count). The van der Waals surface area contributed by atoms with Gasteiger partial charge in [0, 0.05) is 44.0 Å². The average molecular weight is 459 g/mol. The number of carbonyl (C=O) groups is 1. The monoisotopic (exact) mass is 458 g/mol. The molecular formula is C28H30N2O4. The third kappa shape index (κ3) is 5.58. The molecule has 0 atom stereocenters. The van der Waals surface area contributed by atoms with Crippen molar-refractivity contribution in [2.24, 2.45) is 0 Å². The van der Waals surface area contributed by atoms with E-state index in [1.807, 2.05) is 42.5 Å². The van der Waals surface area contributed by atoms with E-state index in [-0.39, 0.29) is 18.3 Å². The van der Waals surface area contributed by atoms with E-state index in [2.05, 4.69) is 28.5 Å². The third-order valence-corrected chi connectivity index (χ3v) is 6.03. The van der Waals surface area contributed by atoms with Crippen LogP contribution < -0.4 is 9.64 Å². The van der Waals surface area contributed by atoms with Gasteiger partial charge in [0.2, 0.25) is 0 Å². The van der Waals surface area contributed by atoms with E-state index >= 15 is 0 Å². The summed E-state index contributed by atoms with van der Waals surface area (Å²) in [5.41, 5.74) is 4.76. The number of phenols is 1. The largest absolute Gasteiger partial charge is 0.508 e.